The van der Waals surface area contributed by atoms with Crippen molar-refractivity contribution in [3.8, 4) is 0 Å². The molecule has 0 N–H and O–H groups in total. The molecule has 0 aromatic rings. The van der Waals surface area contributed by atoms with Gasteiger partial charge in [0.15, 0.2) is 0 Å². The van der Waals surface area contributed by atoms with E-state index in [0.29, 0.717) is 11.8 Å². The Kier molecular flexibility index (Phi) is 6.30. The van der Waals surface area contributed by atoms with Crippen molar-refractivity contribution in [3.63, 3.8) is 0 Å². The van der Waals surface area contributed by atoms with Gasteiger partial charge in [0, 0.05) is 0 Å². The van der Waals surface area contributed by atoms with Crippen LogP contribution in [-0.4, -0.2) is 0 Å². The number of hydrogen-bond donors (Lipinski definition) is 0. The first-order chi connectivity index (χ1) is 6.13. The second kappa shape index (κ2) is 6.71. The molecule has 2 atom stereocenters. The molecule has 0 bridgehead atoms. The van der Waals surface area contributed by atoms with E-state index in [0.717, 1.165) is 6.42 Å². The van der Waals surface area contributed by atoms with Gasteiger partial charge in [0.25, 0.3) is 0 Å². The van der Waals surface area contributed by atoms with E-state index in [2.05, 4.69) is 52.5 Å². The Bertz CT molecular complexity index is 196. The van der Waals surface area contributed by atoms with Crippen LogP contribution in [0.5, 0.6) is 0 Å². The summed E-state index contributed by atoms with van der Waals surface area (Å²) in [7, 11) is 0. The Morgan fingerprint density at radius 3 is 2.46 bits per heavy atom. The largest absolute Gasteiger partial charge is 0.103 e. The summed E-state index contributed by atoms with van der Waals surface area (Å²) in [4.78, 5) is 0. The highest BCUT2D eigenvalue weighted by atomic mass is 14.1. The third-order valence-corrected chi connectivity index (χ3v) is 2.70. The van der Waals surface area contributed by atoms with Gasteiger partial charge < -0.3 is 0 Å². The molecule has 0 nitrogen and oxygen atoms in total. The number of hydrogen-bond acceptors (Lipinski definition) is 0. The van der Waals surface area contributed by atoms with Crippen molar-refractivity contribution in [2.75, 3.05) is 0 Å². The first kappa shape index (κ1) is 12.2. The molecule has 0 amide bonds. The van der Waals surface area contributed by atoms with Crippen LogP contribution in [-0.2, 0) is 0 Å². The molecule has 0 aliphatic carbocycles. The fourth-order valence-corrected chi connectivity index (χ4v) is 1.23. The SMILES string of the molecule is C=CC/C=C/C(C)C(C)/C(C)=C/C. The summed E-state index contributed by atoms with van der Waals surface area (Å²) in [6, 6.07) is 0. The molecule has 0 heterocycles. The van der Waals surface area contributed by atoms with E-state index < -0.39 is 0 Å². The molecule has 0 aliphatic rings. The molecular formula is C13H22. The quantitative estimate of drug-likeness (QED) is 0.549. The van der Waals surface area contributed by atoms with Gasteiger partial charge in [-0.15, -0.1) is 6.58 Å². The predicted molar refractivity (Wildman–Crippen MR) is 61.7 cm³/mol. The van der Waals surface area contributed by atoms with E-state index in [-0.39, 0.29) is 0 Å². The average molecular weight is 178 g/mol. The highest BCUT2D eigenvalue weighted by Gasteiger charge is 2.09. The average Bonchev–Trinajstić information content (AvgIpc) is 2.15. The Labute approximate surface area is 83.0 Å². The van der Waals surface area contributed by atoms with Crippen LogP contribution in [0.4, 0.5) is 0 Å². The normalized spacial score (nSPS) is 17.4. The third kappa shape index (κ3) is 4.72. The second-order valence-corrected chi connectivity index (χ2v) is 3.63. The van der Waals surface area contributed by atoms with Gasteiger partial charge in [-0.25, -0.2) is 0 Å². The summed E-state index contributed by atoms with van der Waals surface area (Å²) in [5, 5.41) is 0. The lowest BCUT2D eigenvalue weighted by molar-refractivity contribution is 0.528. The molecule has 0 saturated heterocycles. The van der Waals surface area contributed by atoms with E-state index in [1.807, 2.05) is 6.08 Å². The van der Waals surface area contributed by atoms with Gasteiger partial charge in [0.1, 0.15) is 0 Å². The molecule has 13 heavy (non-hydrogen) atoms. The Morgan fingerprint density at radius 2 is 2.00 bits per heavy atom. The zero-order valence-corrected chi connectivity index (χ0v) is 9.38. The summed E-state index contributed by atoms with van der Waals surface area (Å²) in [5.41, 5.74) is 1.47. The van der Waals surface area contributed by atoms with Crippen molar-refractivity contribution in [2.24, 2.45) is 11.8 Å². The maximum Gasteiger partial charge on any atom is -0.0172 e. The molecule has 0 aromatic carbocycles. The Balaban J connectivity index is 4.09. The van der Waals surface area contributed by atoms with Gasteiger partial charge in [0.05, 0.1) is 0 Å². The lowest BCUT2D eigenvalue weighted by Gasteiger charge is -2.17. The molecule has 0 aromatic heterocycles. The maximum atomic E-state index is 3.69. The van der Waals surface area contributed by atoms with E-state index in [1.54, 1.807) is 0 Å². The molecule has 0 fully saturated rings. The Morgan fingerprint density at radius 1 is 1.38 bits per heavy atom. The highest BCUT2D eigenvalue weighted by molar-refractivity contribution is 5.06. The monoisotopic (exact) mass is 178 g/mol. The first-order valence-electron chi connectivity index (χ1n) is 5.03. The Hall–Kier alpha value is -0.780. The lowest BCUT2D eigenvalue weighted by Crippen LogP contribution is -2.06. The van der Waals surface area contributed by atoms with Crippen LogP contribution in [0.15, 0.2) is 36.5 Å². The zero-order valence-electron chi connectivity index (χ0n) is 9.38. The molecule has 0 rings (SSSR count). The van der Waals surface area contributed by atoms with Gasteiger partial charge in [-0.3, -0.25) is 0 Å². The standard InChI is InChI=1S/C13H22/c1-6-8-9-10-12(4)13(5)11(3)7-2/h6-7,9-10,12-13H,1,8H2,2-5H3/b10-9+,11-7+. The minimum absolute atomic E-state index is 0.621. The van der Waals surface area contributed by atoms with Gasteiger partial charge in [-0.05, 0) is 32.1 Å². The molecule has 2 unspecified atom stereocenters. The van der Waals surface area contributed by atoms with Crippen molar-refractivity contribution >= 4 is 0 Å². The summed E-state index contributed by atoms with van der Waals surface area (Å²) in [6.07, 6.45) is 9.57. The van der Waals surface area contributed by atoms with Crippen LogP contribution in [0.25, 0.3) is 0 Å². The maximum absolute atomic E-state index is 3.69. The van der Waals surface area contributed by atoms with E-state index in [9.17, 15) is 0 Å². The molecular weight excluding hydrogens is 156 g/mol. The third-order valence-electron chi connectivity index (χ3n) is 2.70. The van der Waals surface area contributed by atoms with Crippen LogP contribution in [0.3, 0.4) is 0 Å². The molecule has 74 valence electrons. The van der Waals surface area contributed by atoms with Crippen LogP contribution in [0.2, 0.25) is 0 Å². The van der Waals surface area contributed by atoms with E-state index in [4.69, 9.17) is 0 Å². The van der Waals surface area contributed by atoms with E-state index in [1.165, 1.54) is 5.57 Å². The van der Waals surface area contributed by atoms with Crippen molar-refractivity contribution in [1.82, 2.24) is 0 Å². The lowest BCUT2D eigenvalue weighted by atomic mass is 9.89. The van der Waals surface area contributed by atoms with Gasteiger partial charge >= 0.3 is 0 Å². The predicted octanol–water partition coefficient (Wildman–Crippen LogP) is 4.36. The molecule has 0 aliphatic heterocycles. The minimum Gasteiger partial charge on any atom is -0.103 e. The van der Waals surface area contributed by atoms with Crippen LogP contribution in [0.1, 0.15) is 34.1 Å². The highest BCUT2D eigenvalue weighted by Crippen LogP contribution is 2.20. The van der Waals surface area contributed by atoms with E-state index >= 15 is 0 Å². The summed E-state index contributed by atoms with van der Waals surface area (Å²) >= 11 is 0. The van der Waals surface area contributed by atoms with Crippen LogP contribution >= 0.6 is 0 Å². The molecule has 0 spiro atoms. The van der Waals surface area contributed by atoms with Gasteiger partial charge in [-0.2, -0.15) is 0 Å². The fourth-order valence-electron chi connectivity index (χ4n) is 1.23. The summed E-state index contributed by atoms with van der Waals surface area (Å²) in [5.74, 6) is 1.27. The fraction of sp³-hybridized carbons (Fsp3) is 0.538. The van der Waals surface area contributed by atoms with Crippen molar-refractivity contribution in [2.45, 2.75) is 34.1 Å². The number of allylic oxidation sites excluding steroid dienone is 5. The van der Waals surface area contributed by atoms with Crippen molar-refractivity contribution < 1.29 is 0 Å². The van der Waals surface area contributed by atoms with Crippen molar-refractivity contribution in [3.05, 3.63) is 36.5 Å². The second-order valence-electron chi connectivity index (χ2n) is 3.63. The summed E-state index contributed by atoms with van der Waals surface area (Å²) in [6.45, 7) is 12.5. The van der Waals surface area contributed by atoms with Crippen molar-refractivity contribution in [1.29, 1.82) is 0 Å². The van der Waals surface area contributed by atoms with Crippen LogP contribution in [0, 0.1) is 11.8 Å². The summed E-state index contributed by atoms with van der Waals surface area (Å²) < 4.78 is 0. The smallest absolute Gasteiger partial charge is 0.0172 e. The molecule has 0 saturated carbocycles. The number of rotatable bonds is 5. The van der Waals surface area contributed by atoms with Gasteiger partial charge in [-0.1, -0.05) is 43.7 Å². The van der Waals surface area contributed by atoms with Gasteiger partial charge in [0.2, 0.25) is 0 Å². The first-order valence-corrected chi connectivity index (χ1v) is 5.03. The molecule has 0 heteroatoms. The minimum atomic E-state index is 0.621. The topological polar surface area (TPSA) is 0 Å². The molecule has 0 radical (unpaired) electrons. The zero-order chi connectivity index (χ0) is 10.3. The van der Waals surface area contributed by atoms with Crippen LogP contribution < -0.4 is 0 Å².